The number of halogens is 1. The summed E-state index contributed by atoms with van der Waals surface area (Å²) in [4.78, 5) is 29.8. The highest BCUT2D eigenvalue weighted by Crippen LogP contribution is 2.21. The molecule has 0 bridgehead atoms. The van der Waals surface area contributed by atoms with Gasteiger partial charge < -0.3 is 10.6 Å². The van der Waals surface area contributed by atoms with E-state index in [-0.39, 0.29) is 11.8 Å². The number of amides is 2. The first kappa shape index (κ1) is 20.4. The van der Waals surface area contributed by atoms with Crippen molar-refractivity contribution < 1.29 is 9.59 Å². The third-order valence-corrected chi connectivity index (χ3v) is 5.40. The number of rotatable bonds is 7. The average molecular weight is 458 g/mol. The summed E-state index contributed by atoms with van der Waals surface area (Å²) in [7, 11) is 0. The number of para-hydroxylation sites is 1. The second-order valence-electron chi connectivity index (χ2n) is 6.18. The largest absolute Gasteiger partial charge is 0.340 e. The summed E-state index contributed by atoms with van der Waals surface area (Å²) in [5.41, 5.74) is 1.87. The predicted octanol–water partition coefficient (Wildman–Crippen LogP) is 4.49. The molecule has 0 aliphatic carbocycles. The van der Waals surface area contributed by atoms with E-state index in [9.17, 15) is 9.59 Å². The number of thioether (sulfide) groups is 1. The molecule has 0 saturated carbocycles. The lowest BCUT2D eigenvalue weighted by molar-refractivity contribution is -0.118. The number of nitrogens with one attached hydrogen (secondary N) is 2. The van der Waals surface area contributed by atoms with Gasteiger partial charge in [0.15, 0.2) is 0 Å². The molecule has 144 valence electrons. The van der Waals surface area contributed by atoms with Crippen molar-refractivity contribution in [2.75, 3.05) is 17.3 Å². The van der Waals surface area contributed by atoms with Crippen LogP contribution >= 0.6 is 27.7 Å². The Labute approximate surface area is 176 Å². The molecular weight excluding hydrogens is 438 g/mol. The Morgan fingerprint density at radius 1 is 1.11 bits per heavy atom. The third kappa shape index (κ3) is 5.11. The van der Waals surface area contributed by atoms with Crippen LogP contribution in [-0.4, -0.2) is 34.8 Å². The number of carbonyl (C=O) groups excluding carboxylic acids is 2. The van der Waals surface area contributed by atoms with E-state index in [1.165, 1.54) is 0 Å². The summed E-state index contributed by atoms with van der Waals surface area (Å²) in [5.74, 6) is 0.231. The van der Waals surface area contributed by atoms with Crippen LogP contribution < -0.4 is 10.6 Å². The monoisotopic (exact) mass is 457 g/mol. The average Bonchev–Trinajstić information content (AvgIpc) is 2.71. The fourth-order valence-electron chi connectivity index (χ4n) is 2.77. The molecule has 2 N–H and O–H groups in total. The van der Waals surface area contributed by atoms with E-state index in [4.69, 9.17) is 0 Å². The first-order valence-electron chi connectivity index (χ1n) is 8.78. The first-order valence-corrected chi connectivity index (χ1v) is 11.0. The molecule has 1 aromatic heterocycles. The van der Waals surface area contributed by atoms with Crippen LogP contribution in [0.4, 0.5) is 5.69 Å². The number of pyridine rings is 1. The van der Waals surface area contributed by atoms with Gasteiger partial charge in [-0.25, -0.2) is 0 Å². The van der Waals surface area contributed by atoms with E-state index in [1.807, 2.05) is 36.6 Å². The van der Waals surface area contributed by atoms with Crippen molar-refractivity contribution >= 4 is 56.1 Å². The Morgan fingerprint density at radius 3 is 2.61 bits per heavy atom. The van der Waals surface area contributed by atoms with Crippen LogP contribution in [0, 0.1) is 0 Å². The summed E-state index contributed by atoms with van der Waals surface area (Å²) in [6, 6.07) is 15.8. The molecule has 1 atom stereocenters. The van der Waals surface area contributed by atoms with Crippen LogP contribution in [0.15, 0.2) is 65.3 Å². The molecule has 0 fully saturated rings. The number of anilines is 1. The number of benzene rings is 2. The third-order valence-electron chi connectivity index (χ3n) is 4.23. The lowest BCUT2D eigenvalue weighted by atomic mass is 10.1. The van der Waals surface area contributed by atoms with E-state index >= 15 is 0 Å². The minimum atomic E-state index is -0.637. The molecule has 3 aromatic rings. The number of fused-ring (bicyclic) bond motifs is 1. The first-order chi connectivity index (χ1) is 13.6. The molecule has 28 heavy (non-hydrogen) atoms. The minimum Gasteiger partial charge on any atom is -0.340 e. The zero-order chi connectivity index (χ0) is 19.9. The Kier molecular flexibility index (Phi) is 7.06. The second kappa shape index (κ2) is 9.71. The maximum atomic E-state index is 12.9. The second-order valence-corrected chi connectivity index (χ2v) is 8.09. The maximum absolute atomic E-state index is 12.9. The van der Waals surface area contributed by atoms with E-state index < -0.39 is 6.04 Å². The van der Waals surface area contributed by atoms with Crippen LogP contribution in [0.2, 0.25) is 0 Å². The molecule has 5 nitrogen and oxygen atoms in total. The SMILES string of the molecule is CSCCC(NC(=O)c1ccc(Br)cc1)C(=O)Nc1cccc2cccnc12. The molecule has 0 aliphatic rings. The van der Waals surface area contributed by atoms with Gasteiger partial charge in [0, 0.05) is 21.6 Å². The van der Waals surface area contributed by atoms with Gasteiger partial charge >= 0.3 is 0 Å². The van der Waals surface area contributed by atoms with Gasteiger partial charge in [0.1, 0.15) is 6.04 Å². The lowest BCUT2D eigenvalue weighted by Gasteiger charge is -2.19. The van der Waals surface area contributed by atoms with Crippen molar-refractivity contribution in [3.05, 3.63) is 70.8 Å². The summed E-state index contributed by atoms with van der Waals surface area (Å²) < 4.78 is 0.893. The molecule has 7 heteroatoms. The Balaban J connectivity index is 1.77. The normalized spacial score (nSPS) is 11.8. The molecule has 0 spiro atoms. The number of carbonyl (C=O) groups is 2. The molecule has 2 amide bonds. The van der Waals surface area contributed by atoms with Crippen LogP contribution in [0.3, 0.4) is 0 Å². The van der Waals surface area contributed by atoms with Gasteiger partial charge in [0.25, 0.3) is 5.91 Å². The fourth-order valence-corrected chi connectivity index (χ4v) is 3.51. The Hall–Kier alpha value is -2.38. The fraction of sp³-hybridized carbons (Fsp3) is 0.190. The van der Waals surface area contributed by atoms with Crippen molar-refractivity contribution in [1.29, 1.82) is 0 Å². The number of hydrogen-bond acceptors (Lipinski definition) is 4. The highest BCUT2D eigenvalue weighted by Gasteiger charge is 2.22. The van der Waals surface area contributed by atoms with Crippen molar-refractivity contribution in [3.8, 4) is 0 Å². The maximum Gasteiger partial charge on any atom is 0.251 e. The van der Waals surface area contributed by atoms with Gasteiger partial charge in [-0.05, 0) is 54.8 Å². The van der Waals surface area contributed by atoms with Crippen LogP contribution in [0.25, 0.3) is 10.9 Å². The van der Waals surface area contributed by atoms with Gasteiger partial charge in [-0.1, -0.05) is 34.1 Å². The van der Waals surface area contributed by atoms with E-state index in [1.54, 1.807) is 42.2 Å². The molecule has 3 rings (SSSR count). The van der Waals surface area contributed by atoms with E-state index in [0.717, 1.165) is 21.1 Å². The summed E-state index contributed by atoms with van der Waals surface area (Å²) in [5, 5.41) is 6.73. The number of hydrogen-bond donors (Lipinski definition) is 2. The van der Waals surface area contributed by atoms with Crippen molar-refractivity contribution in [3.63, 3.8) is 0 Å². The lowest BCUT2D eigenvalue weighted by Crippen LogP contribution is -2.44. The zero-order valence-corrected chi connectivity index (χ0v) is 17.7. The Bertz CT molecular complexity index is 974. The Morgan fingerprint density at radius 2 is 1.86 bits per heavy atom. The van der Waals surface area contributed by atoms with Gasteiger partial charge in [-0.3, -0.25) is 14.6 Å². The smallest absolute Gasteiger partial charge is 0.251 e. The molecule has 0 saturated heterocycles. The highest BCUT2D eigenvalue weighted by molar-refractivity contribution is 9.10. The number of aromatic nitrogens is 1. The minimum absolute atomic E-state index is 0.252. The molecule has 0 aliphatic heterocycles. The van der Waals surface area contributed by atoms with Crippen LogP contribution in [-0.2, 0) is 4.79 Å². The van der Waals surface area contributed by atoms with Gasteiger partial charge in [0.2, 0.25) is 5.91 Å². The van der Waals surface area contributed by atoms with E-state index in [0.29, 0.717) is 17.7 Å². The highest BCUT2D eigenvalue weighted by atomic mass is 79.9. The molecular formula is C21H20BrN3O2S. The number of nitrogens with zero attached hydrogens (tertiary/aromatic N) is 1. The van der Waals surface area contributed by atoms with Crippen molar-refractivity contribution in [2.24, 2.45) is 0 Å². The topological polar surface area (TPSA) is 71.1 Å². The zero-order valence-electron chi connectivity index (χ0n) is 15.3. The van der Waals surface area contributed by atoms with E-state index in [2.05, 4.69) is 31.5 Å². The standard InChI is InChI=1S/C21H20BrN3O2S/c1-28-13-11-18(25-20(26)15-7-9-16(22)10-8-15)21(27)24-17-6-2-4-14-5-3-12-23-19(14)17/h2-10,12,18H,11,13H2,1H3,(H,24,27)(H,25,26). The van der Waals surface area contributed by atoms with Gasteiger partial charge in [-0.15, -0.1) is 0 Å². The summed E-state index contributed by atoms with van der Waals surface area (Å²) >= 11 is 4.99. The predicted molar refractivity (Wildman–Crippen MR) is 119 cm³/mol. The van der Waals surface area contributed by atoms with Crippen LogP contribution in [0.1, 0.15) is 16.8 Å². The molecule has 2 aromatic carbocycles. The van der Waals surface area contributed by atoms with Gasteiger partial charge in [0.05, 0.1) is 11.2 Å². The van der Waals surface area contributed by atoms with Crippen LogP contribution in [0.5, 0.6) is 0 Å². The summed E-state index contributed by atoms with van der Waals surface area (Å²) in [6.07, 6.45) is 4.20. The van der Waals surface area contributed by atoms with Gasteiger partial charge in [-0.2, -0.15) is 11.8 Å². The molecule has 1 heterocycles. The van der Waals surface area contributed by atoms with Crippen molar-refractivity contribution in [2.45, 2.75) is 12.5 Å². The molecule has 1 unspecified atom stereocenters. The van der Waals surface area contributed by atoms with Crippen molar-refractivity contribution in [1.82, 2.24) is 10.3 Å². The quantitative estimate of drug-likeness (QED) is 0.548. The summed E-state index contributed by atoms with van der Waals surface area (Å²) in [6.45, 7) is 0. The molecule has 0 radical (unpaired) electrons.